The third-order valence-corrected chi connectivity index (χ3v) is 5.38. The Labute approximate surface area is 121 Å². The summed E-state index contributed by atoms with van der Waals surface area (Å²) in [6, 6.07) is 6.75. The maximum atomic E-state index is 14.0. The van der Waals surface area contributed by atoms with Gasteiger partial charge in [0.2, 0.25) is 0 Å². The molecule has 0 saturated carbocycles. The Kier molecular flexibility index (Phi) is 4.96. The van der Waals surface area contributed by atoms with E-state index < -0.39 is 0 Å². The molecule has 0 aliphatic rings. The van der Waals surface area contributed by atoms with E-state index in [1.165, 1.54) is 6.07 Å². The van der Waals surface area contributed by atoms with Crippen LogP contribution in [0.2, 0.25) is 0 Å². The first-order valence-corrected chi connectivity index (χ1v) is 7.96. The van der Waals surface area contributed by atoms with E-state index in [2.05, 4.69) is 4.98 Å². The fourth-order valence-electron chi connectivity index (χ4n) is 1.80. The summed E-state index contributed by atoms with van der Waals surface area (Å²) >= 11 is 3.13. The van der Waals surface area contributed by atoms with Crippen LogP contribution in [-0.2, 0) is 0 Å². The summed E-state index contributed by atoms with van der Waals surface area (Å²) < 4.78 is 14.9. The molecule has 0 amide bonds. The van der Waals surface area contributed by atoms with Gasteiger partial charge in [0, 0.05) is 22.7 Å². The van der Waals surface area contributed by atoms with E-state index in [9.17, 15) is 4.39 Å². The zero-order valence-corrected chi connectivity index (χ0v) is 12.6. The number of hydrogen-bond donors (Lipinski definition) is 1. The molecule has 2 nitrogen and oxygen atoms in total. The van der Waals surface area contributed by atoms with Crippen molar-refractivity contribution < 1.29 is 4.39 Å². The van der Waals surface area contributed by atoms with Crippen LogP contribution in [0.5, 0.6) is 0 Å². The molecule has 2 aromatic rings. The van der Waals surface area contributed by atoms with Crippen molar-refractivity contribution in [2.75, 3.05) is 0 Å². The van der Waals surface area contributed by atoms with Gasteiger partial charge >= 0.3 is 0 Å². The monoisotopic (exact) mass is 296 g/mol. The van der Waals surface area contributed by atoms with Crippen LogP contribution >= 0.6 is 23.1 Å². The number of aromatic nitrogens is 1. The van der Waals surface area contributed by atoms with E-state index in [4.69, 9.17) is 5.73 Å². The number of thioether (sulfide) groups is 1. The van der Waals surface area contributed by atoms with Crippen LogP contribution in [0, 0.1) is 12.7 Å². The van der Waals surface area contributed by atoms with Crippen LogP contribution in [0.4, 0.5) is 4.39 Å². The summed E-state index contributed by atoms with van der Waals surface area (Å²) in [5, 5.41) is 1.90. The molecule has 0 saturated heterocycles. The minimum absolute atomic E-state index is 0.0916. The predicted octanol–water partition coefficient (Wildman–Crippen LogP) is 4.16. The highest BCUT2D eigenvalue weighted by Crippen LogP contribution is 2.40. The van der Waals surface area contributed by atoms with Crippen molar-refractivity contribution in [2.24, 2.45) is 5.73 Å². The van der Waals surface area contributed by atoms with Crippen molar-refractivity contribution in [1.29, 1.82) is 0 Å². The number of aryl methyl sites for hydroxylation is 1. The first-order chi connectivity index (χ1) is 9.11. The third kappa shape index (κ3) is 3.55. The normalized spacial score (nSPS) is 14.3. The first kappa shape index (κ1) is 14.5. The fraction of sp³-hybridized carbons (Fsp3) is 0.357. The third-order valence-electron chi connectivity index (χ3n) is 2.90. The van der Waals surface area contributed by atoms with Crippen LogP contribution in [0.15, 0.2) is 34.0 Å². The molecule has 0 aliphatic heterocycles. The molecule has 2 atom stereocenters. The summed E-state index contributed by atoms with van der Waals surface area (Å²) in [7, 11) is 0. The lowest BCUT2D eigenvalue weighted by Crippen LogP contribution is -2.26. The van der Waals surface area contributed by atoms with E-state index in [1.54, 1.807) is 29.2 Å². The second kappa shape index (κ2) is 6.50. The molecule has 1 aromatic carbocycles. The molecule has 2 unspecified atom stereocenters. The van der Waals surface area contributed by atoms with E-state index in [1.807, 2.05) is 31.4 Å². The lowest BCUT2D eigenvalue weighted by molar-refractivity contribution is 0.572. The highest BCUT2D eigenvalue weighted by Gasteiger charge is 2.23. The van der Waals surface area contributed by atoms with Gasteiger partial charge in [0.05, 0.1) is 5.25 Å². The number of nitrogens with zero attached hydrogens (tertiary/aromatic N) is 1. The molecule has 1 heterocycles. The number of hydrogen-bond acceptors (Lipinski definition) is 4. The molecule has 19 heavy (non-hydrogen) atoms. The second-order valence-electron chi connectivity index (χ2n) is 4.39. The molecule has 1 aromatic heterocycles. The summed E-state index contributed by atoms with van der Waals surface area (Å²) in [6.07, 6.45) is 0.802. The Morgan fingerprint density at radius 1 is 1.42 bits per heavy atom. The summed E-state index contributed by atoms with van der Waals surface area (Å²) in [5.41, 5.74) is 7.81. The van der Waals surface area contributed by atoms with E-state index in [-0.39, 0.29) is 17.1 Å². The zero-order valence-electron chi connectivity index (χ0n) is 11.0. The Morgan fingerprint density at radius 3 is 2.74 bits per heavy atom. The topological polar surface area (TPSA) is 38.9 Å². The molecule has 0 spiro atoms. The van der Waals surface area contributed by atoms with Gasteiger partial charge in [0.1, 0.15) is 5.82 Å². The molecule has 2 N–H and O–H groups in total. The number of thiazole rings is 1. The van der Waals surface area contributed by atoms with Crippen LogP contribution in [0.25, 0.3) is 0 Å². The zero-order chi connectivity index (χ0) is 13.8. The van der Waals surface area contributed by atoms with Crippen molar-refractivity contribution in [2.45, 2.75) is 35.9 Å². The smallest absolute Gasteiger partial charge is 0.150 e. The maximum Gasteiger partial charge on any atom is 0.150 e. The standard InChI is InChI=1S/C14H17FN2S2/c1-3-12(16)13(10-6-4-5-7-11(10)15)19-14-17-9(2)8-18-14/h4-8,12-13H,3,16H2,1-2H3. The molecule has 0 radical (unpaired) electrons. The van der Waals surface area contributed by atoms with Crippen molar-refractivity contribution in [1.82, 2.24) is 4.98 Å². The average molecular weight is 296 g/mol. The lowest BCUT2D eigenvalue weighted by Gasteiger charge is -2.22. The highest BCUT2D eigenvalue weighted by molar-refractivity contribution is 8.01. The van der Waals surface area contributed by atoms with Gasteiger partial charge in [-0.15, -0.1) is 11.3 Å². The van der Waals surface area contributed by atoms with E-state index in [0.29, 0.717) is 5.56 Å². The van der Waals surface area contributed by atoms with Crippen LogP contribution in [0.1, 0.15) is 29.9 Å². The molecular formula is C14H17FN2S2. The van der Waals surface area contributed by atoms with E-state index >= 15 is 0 Å². The molecule has 0 bridgehead atoms. The van der Waals surface area contributed by atoms with Gasteiger partial charge in [0.15, 0.2) is 4.34 Å². The fourth-order valence-corrected chi connectivity index (χ4v) is 4.09. The van der Waals surface area contributed by atoms with Crippen molar-refractivity contribution in [3.63, 3.8) is 0 Å². The minimum Gasteiger partial charge on any atom is -0.326 e. The van der Waals surface area contributed by atoms with Gasteiger partial charge in [-0.1, -0.05) is 36.9 Å². The number of benzene rings is 1. The predicted molar refractivity (Wildman–Crippen MR) is 80.1 cm³/mol. The second-order valence-corrected chi connectivity index (χ2v) is 6.63. The number of halogens is 1. The molecular weight excluding hydrogens is 279 g/mol. The molecule has 0 aliphatic carbocycles. The molecule has 102 valence electrons. The highest BCUT2D eigenvalue weighted by atomic mass is 32.2. The Morgan fingerprint density at radius 2 is 2.16 bits per heavy atom. The Bertz CT molecular complexity index is 542. The number of nitrogens with two attached hydrogens (primary N) is 1. The van der Waals surface area contributed by atoms with Crippen molar-refractivity contribution in [3.8, 4) is 0 Å². The molecule has 5 heteroatoms. The largest absolute Gasteiger partial charge is 0.326 e. The van der Waals surface area contributed by atoms with Gasteiger partial charge in [-0.2, -0.15) is 0 Å². The number of rotatable bonds is 5. The van der Waals surface area contributed by atoms with Crippen molar-refractivity contribution >= 4 is 23.1 Å². The molecule has 2 rings (SSSR count). The van der Waals surface area contributed by atoms with Gasteiger partial charge in [-0.05, 0) is 19.4 Å². The van der Waals surface area contributed by atoms with Crippen LogP contribution in [-0.4, -0.2) is 11.0 Å². The summed E-state index contributed by atoms with van der Waals surface area (Å²) in [4.78, 5) is 4.43. The first-order valence-electron chi connectivity index (χ1n) is 6.20. The van der Waals surface area contributed by atoms with Crippen molar-refractivity contribution in [3.05, 3.63) is 46.7 Å². The van der Waals surface area contributed by atoms with Gasteiger partial charge in [-0.3, -0.25) is 0 Å². The summed E-state index contributed by atoms with van der Waals surface area (Å²) in [5.74, 6) is -0.197. The van der Waals surface area contributed by atoms with Gasteiger partial charge < -0.3 is 5.73 Å². The van der Waals surface area contributed by atoms with Gasteiger partial charge in [-0.25, -0.2) is 9.37 Å². The Hall–Kier alpha value is -0.910. The Balaban J connectivity index is 2.29. The lowest BCUT2D eigenvalue weighted by atomic mass is 10.0. The summed E-state index contributed by atoms with van der Waals surface area (Å²) in [6.45, 7) is 3.98. The minimum atomic E-state index is -0.197. The van der Waals surface area contributed by atoms with E-state index in [0.717, 1.165) is 16.5 Å². The quantitative estimate of drug-likeness (QED) is 0.842. The van der Waals surface area contributed by atoms with Crippen LogP contribution < -0.4 is 5.73 Å². The van der Waals surface area contributed by atoms with Gasteiger partial charge in [0.25, 0.3) is 0 Å². The average Bonchev–Trinajstić information content (AvgIpc) is 2.82. The van der Waals surface area contributed by atoms with Crippen LogP contribution in [0.3, 0.4) is 0 Å². The molecule has 0 fully saturated rings. The SMILES string of the molecule is CCC(N)C(Sc1nc(C)cs1)c1ccccc1F. The maximum absolute atomic E-state index is 14.0.